The lowest BCUT2D eigenvalue weighted by Crippen LogP contribution is -2.67. The van der Waals surface area contributed by atoms with Crippen LogP contribution in [0.25, 0.3) is 5.69 Å². The molecule has 0 unspecified atom stereocenters. The molecule has 0 radical (unpaired) electrons. The summed E-state index contributed by atoms with van der Waals surface area (Å²) in [6.45, 7) is 7.11. The Morgan fingerprint density at radius 3 is 2.96 bits per heavy atom. The quantitative estimate of drug-likeness (QED) is 0.902. The minimum Gasteiger partial charge on any atom is -0.377 e. The lowest BCUT2D eigenvalue weighted by molar-refractivity contribution is -0.107. The van der Waals surface area contributed by atoms with Crippen LogP contribution in [0.2, 0.25) is 0 Å². The number of aryl methyl sites for hydroxylation is 1. The summed E-state index contributed by atoms with van der Waals surface area (Å²) in [6, 6.07) is 9.63. The van der Waals surface area contributed by atoms with Crippen molar-refractivity contribution in [1.82, 2.24) is 15.1 Å². The molecular formula is C19H24N4O2. The number of hydrogen-bond donors (Lipinski definition) is 2. The van der Waals surface area contributed by atoms with Gasteiger partial charge in [-0.15, -0.1) is 0 Å². The number of hydrogen-bond acceptors (Lipinski definition) is 3. The molecule has 0 spiro atoms. The fourth-order valence-corrected chi connectivity index (χ4v) is 4.28. The van der Waals surface area contributed by atoms with E-state index < -0.39 is 0 Å². The molecule has 2 heterocycles. The van der Waals surface area contributed by atoms with Crippen LogP contribution in [0.4, 0.5) is 10.5 Å². The minimum atomic E-state index is -0.169. The van der Waals surface area contributed by atoms with Gasteiger partial charge >= 0.3 is 6.03 Å². The number of nitrogens with one attached hydrogen (secondary N) is 2. The van der Waals surface area contributed by atoms with Gasteiger partial charge in [-0.1, -0.05) is 19.9 Å². The number of ether oxygens (including phenoxy) is 1. The zero-order valence-corrected chi connectivity index (χ0v) is 14.8. The van der Waals surface area contributed by atoms with Crippen molar-refractivity contribution in [2.24, 2.45) is 11.3 Å². The summed E-state index contributed by atoms with van der Waals surface area (Å²) in [5, 5.41) is 10.4. The van der Waals surface area contributed by atoms with Crippen LogP contribution in [0, 0.1) is 18.3 Å². The molecule has 0 bridgehead atoms. The Morgan fingerprint density at radius 1 is 1.36 bits per heavy atom. The Balaban J connectivity index is 1.44. The van der Waals surface area contributed by atoms with Crippen LogP contribution < -0.4 is 10.6 Å². The van der Waals surface area contributed by atoms with Gasteiger partial charge in [-0.3, -0.25) is 0 Å². The molecular weight excluding hydrogens is 316 g/mol. The molecule has 25 heavy (non-hydrogen) atoms. The summed E-state index contributed by atoms with van der Waals surface area (Å²) in [4.78, 5) is 12.5. The van der Waals surface area contributed by atoms with E-state index >= 15 is 0 Å². The third-order valence-corrected chi connectivity index (χ3v) is 5.57. The molecule has 3 atom stereocenters. The van der Waals surface area contributed by atoms with Crippen LogP contribution in [0.1, 0.15) is 26.0 Å². The fraction of sp³-hybridized carbons (Fsp3) is 0.474. The van der Waals surface area contributed by atoms with Crippen LogP contribution >= 0.6 is 0 Å². The molecule has 1 aliphatic carbocycles. The number of nitrogens with zero attached hydrogens (tertiary/aromatic N) is 2. The number of benzene rings is 1. The van der Waals surface area contributed by atoms with Gasteiger partial charge in [0, 0.05) is 41.6 Å². The highest BCUT2D eigenvalue weighted by Crippen LogP contribution is 2.52. The molecule has 2 amide bonds. The molecule has 1 saturated heterocycles. The van der Waals surface area contributed by atoms with Crippen molar-refractivity contribution in [2.75, 3.05) is 11.9 Å². The van der Waals surface area contributed by atoms with Crippen LogP contribution in [0.5, 0.6) is 0 Å². The van der Waals surface area contributed by atoms with Gasteiger partial charge in [0.1, 0.15) is 0 Å². The first-order valence-corrected chi connectivity index (χ1v) is 8.77. The third kappa shape index (κ3) is 2.70. The number of rotatable bonds is 3. The third-order valence-electron chi connectivity index (χ3n) is 5.57. The Bertz CT molecular complexity index is 798. The van der Waals surface area contributed by atoms with E-state index in [1.54, 1.807) is 6.20 Å². The first-order chi connectivity index (χ1) is 12.0. The van der Waals surface area contributed by atoms with E-state index in [0.29, 0.717) is 5.92 Å². The number of aromatic nitrogens is 2. The van der Waals surface area contributed by atoms with Crippen molar-refractivity contribution in [2.45, 2.75) is 39.3 Å². The van der Waals surface area contributed by atoms with Crippen molar-refractivity contribution in [1.29, 1.82) is 0 Å². The highest BCUT2D eigenvalue weighted by Gasteiger charge is 2.59. The highest BCUT2D eigenvalue weighted by molar-refractivity contribution is 5.90. The van der Waals surface area contributed by atoms with Crippen molar-refractivity contribution >= 4 is 11.7 Å². The van der Waals surface area contributed by atoms with Gasteiger partial charge in [0.2, 0.25) is 0 Å². The van der Waals surface area contributed by atoms with Crippen LogP contribution in [0.15, 0.2) is 36.5 Å². The maximum Gasteiger partial charge on any atom is 0.319 e. The fourth-order valence-electron chi connectivity index (χ4n) is 4.28. The first kappa shape index (κ1) is 16.1. The normalized spacial score (nSPS) is 26.6. The summed E-state index contributed by atoms with van der Waals surface area (Å²) >= 11 is 0. The average molecular weight is 340 g/mol. The maximum absolute atomic E-state index is 12.5. The smallest absolute Gasteiger partial charge is 0.319 e. The molecule has 2 aromatic rings. The molecule has 132 valence electrons. The Labute approximate surface area is 147 Å². The van der Waals surface area contributed by atoms with Gasteiger partial charge in [-0.05, 0) is 37.6 Å². The van der Waals surface area contributed by atoms with Gasteiger partial charge in [0.15, 0.2) is 0 Å². The molecule has 6 nitrogen and oxygen atoms in total. The van der Waals surface area contributed by atoms with Gasteiger partial charge in [-0.2, -0.15) is 5.10 Å². The van der Waals surface area contributed by atoms with E-state index in [9.17, 15) is 4.79 Å². The van der Waals surface area contributed by atoms with Gasteiger partial charge in [0.25, 0.3) is 0 Å². The van der Waals surface area contributed by atoms with Crippen LogP contribution in [-0.4, -0.2) is 34.6 Å². The number of amides is 2. The maximum atomic E-state index is 12.5. The monoisotopic (exact) mass is 340 g/mol. The largest absolute Gasteiger partial charge is 0.377 e. The van der Waals surface area contributed by atoms with Crippen LogP contribution in [-0.2, 0) is 4.74 Å². The minimum absolute atomic E-state index is 0.0213. The number of carbonyl (C=O) groups is 1. The van der Waals surface area contributed by atoms with E-state index in [-0.39, 0.29) is 23.6 Å². The SMILES string of the molecule is Cc1ccnn1-c1cccc(NC(=O)N[C@@H]2[C@H]3CCO[C@H]3C2(C)C)c1. The van der Waals surface area contributed by atoms with E-state index in [1.807, 2.05) is 41.9 Å². The average Bonchev–Trinajstić information content (AvgIpc) is 3.20. The molecule has 1 saturated carbocycles. The summed E-state index contributed by atoms with van der Waals surface area (Å²) in [6.07, 6.45) is 3.05. The second-order valence-electron chi connectivity index (χ2n) is 7.58. The first-order valence-electron chi connectivity index (χ1n) is 8.77. The summed E-state index contributed by atoms with van der Waals surface area (Å²) in [5.74, 6) is 0.429. The van der Waals surface area contributed by atoms with E-state index in [2.05, 4.69) is 29.6 Å². The number of fused-ring (bicyclic) bond motifs is 1. The molecule has 2 fully saturated rings. The molecule has 6 heteroatoms. The Kier molecular flexibility index (Phi) is 3.80. The summed E-state index contributed by atoms with van der Waals surface area (Å²) in [5.41, 5.74) is 2.70. The van der Waals surface area contributed by atoms with E-state index in [0.717, 1.165) is 30.1 Å². The summed E-state index contributed by atoms with van der Waals surface area (Å²) in [7, 11) is 0. The van der Waals surface area contributed by atoms with Crippen LogP contribution in [0.3, 0.4) is 0 Å². The van der Waals surface area contributed by atoms with E-state index in [1.165, 1.54) is 0 Å². The Hall–Kier alpha value is -2.34. The number of carbonyl (C=O) groups excluding carboxylic acids is 1. The molecule has 1 aliphatic heterocycles. The van der Waals surface area contributed by atoms with Gasteiger partial charge < -0.3 is 15.4 Å². The molecule has 1 aromatic heterocycles. The van der Waals surface area contributed by atoms with Gasteiger partial charge in [-0.25, -0.2) is 9.48 Å². The van der Waals surface area contributed by atoms with E-state index in [4.69, 9.17) is 4.74 Å². The Morgan fingerprint density at radius 2 is 2.20 bits per heavy atom. The van der Waals surface area contributed by atoms with Gasteiger partial charge in [0.05, 0.1) is 11.8 Å². The lowest BCUT2D eigenvalue weighted by atomic mass is 9.57. The lowest BCUT2D eigenvalue weighted by Gasteiger charge is -2.54. The number of anilines is 1. The number of urea groups is 1. The topological polar surface area (TPSA) is 68.2 Å². The molecule has 2 N–H and O–H groups in total. The summed E-state index contributed by atoms with van der Waals surface area (Å²) < 4.78 is 7.63. The van der Waals surface area contributed by atoms with Crippen molar-refractivity contribution in [3.63, 3.8) is 0 Å². The predicted octanol–water partition coefficient (Wildman–Crippen LogP) is 3.12. The standard InChI is InChI=1S/C19H24N4O2/c1-12-7-9-20-23(12)14-6-4-5-13(11-14)21-18(24)22-16-15-8-10-25-17(15)19(16,2)3/h4-7,9,11,15-17H,8,10H2,1-3H3,(H2,21,22,24)/t15-,16-,17-/m1/s1. The van der Waals surface area contributed by atoms with Crippen molar-refractivity contribution in [3.05, 3.63) is 42.2 Å². The second kappa shape index (κ2) is 5.88. The molecule has 1 aromatic carbocycles. The van der Waals surface area contributed by atoms with Crippen molar-refractivity contribution in [3.8, 4) is 5.69 Å². The highest BCUT2D eigenvalue weighted by atomic mass is 16.5. The molecule has 4 rings (SSSR count). The molecule has 2 aliphatic rings. The zero-order valence-electron chi connectivity index (χ0n) is 14.8. The zero-order chi connectivity index (χ0) is 17.6. The predicted molar refractivity (Wildman–Crippen MR) is 95.9 cm³/mol. The second-order valence-corrected chi connectivity index (χ2v) is 7.58. The van der Waals surface area contributed by atoms with Crippen molar-refractivity contribution < 1.29 is 9.53 Å².